The number of likely N-dealkylation sites (tertiary alicyclic amines) is 1. The molecule has 2 rings (SSSR count). The van der Waals surface area contributed by atoms with Gasteiger partial charge in [-0.1, -0.05) is 19.4 Å². The largest absolute Gasteiger partial charge is 0.326 e. The van der Waals surface area contributed by atoms with Crippen LogP contribution in [0.2, 0.25) is 0 Å². The van der Waals surface area contributed by atoms with E-state index in [-0.39, 0.29) is 12.1 Å². The normalized spacial score (nSPS) is 21.7. The summed E-state index contributed by atoms with van der Waals surface area (Å²) < 4.78 is 0. The van der Waals surface area contributed by atoms with Crippen LogP contribution in [0.3, 0.4) is 0 Å². The van der Waals surface area contributed by atoms with Crippen LogP contribution in [0.15, 0.2) is 24.4 Å². The van der Waals surface area contributed by atoms with Gasteiger partial charge in [0.1, 0.15) is 0 Å². The van der Waals surface area contributed by atoms with E-state index in [1.165, 1.54) is 19.3 Å². The molecule has 1 aliphatic heterocycles. The second kappa shape index (κ2) is 6.30. The molecule has 0 aromatic carbocycles. The van der Waals surface area contributed by atoms with Crippen LogP contribution in [-0.4, -0.2) is 29.0 Å². The van der Waals surface area contributed by atoms with Gasteiger partial charge in [0, 0.05) is 12.2 Å². The molecule has 2 atom stereocenters. The molecule has 2 heterocycles. The summed E-state index contributed by atoms with van der Waals surface area (Å²) in [6, 6.07) is 6.50. The summed E-state index contributed by atoms with van der Waals surface area (Å²) in [6.45, 7) is 6.69. The highest BCUT2D eigenvalue weighted by atomic mass is 15.2. The van der Waals surface area contributed by atoms with Gasteiger partial charge in [-0.3, -0.25) is 9.88 Å². The van der Waals surface area contributed by atoms with Crippen LogP contribution in [0, 0.1) is 5.92 Å². The molecule has 3 nitrogen and oxygen atoms in total. The predicted molar refractivity (Wildman–Crippen MR) is 75.2 cm³/mol. The number of hydrogen-bond acceptors (Lipinski definition) is 3. The van der Waals surface area contributed by atoms with Crippen LogP contribution in [0.5, 0.6) is 0 Å². The molecule has 1 fully saturated rings. The first-order valence-corrected chi connectivity index (χ1v) is 7.13. The van der Waals surface area contributed by atoms with E-state index in [9.17, 15) is 0 Å². The highest BCUT2D eigenvalue weighted by Gasteiger charge is 2.28. The van der Waals surface area contributed by atoms with Crippen molar-refractivity contribution >= 4 is 0 Å². The minimum Gasteiger partial charge on any atom is -0.326 e. The molecular formula is C15H25N3. The van der Waals surface area contributed by atoms with Gasteiger partial charge in [0.2, 0.25) is 0 Å². The Balaban J connectivity index is 2.08. The SMILES string of the molecule is CCC1CCN(C(c2ccccn2)C(C)N)CC1. The average Bonchev–Trinajstić information content (AvgIpc) is 2.40. The van der Waals surface area contributed by atoms with Crippen LogP contribution in [0.1, 0.15) is 44.8 Å². The van der Waals surface area contributed by atoms with Crippen LogP contribution in [-0.2, 0) is 0 Å². The van der Waals surface area contributed by atoms with Crippen molar-refractivity contribution in [3.05, 3.63) is 30.1 Å². The summed E-state index contributed by atoms with van der Waals surface area (Å²) in [4.78, 5) is 7.01. The fourth-order valence-electron chi connectivity index (χ4n) is 2.98. The molecule has 0 saturated carbocycles. The van der Waals surface area contributed by atoms with E-state index >= 15 is 0 Å². The molecule has 2 unspecified atom stereocenters. The average molecular weight is 247 g/mol. The summed E-state index contributed by atoms with van der Waals surface area (Å²) in [5.41, 5.74) is 7.30. The van der Waals surface area contributed by atoms with Gasteiger partial charge in [0.15, 0.2) is 0 Å². The number of pyridine rings is 1. The van der Waals surface area contributed by atoms with Crippen molar-refractivity contribution in [2.45, 2.75) is 45.2 Å². The number of aromatic nitrogens is 1. The highest BCUT2D eigenvalue weighted by Crippen LogP contribution is 2.28. The molecule has 0 spiro atoms. The molecule has 1 aromatic heterocycles. The van der Waals surface area contributed by atoms with E-state index in [0.717, 1.165) is 24.7 Å². The number of nitrogens with two attached hydrogens (primary N) is 1. The zero-order chi connectivity index (χ0) is 13.0. The minimum atomic E-state index is 0.123. The van der Waals surface area contributed by atoms with Gasteiger partial charge >= 0.3 is 0 Å². The third-order valence-corrected chi connectivity index (χ3v) is 4.11. The van der Waals surface area contributed by atoms with Crippen molar-refractivity contribution in [1.29, 1.82) is 0 Å². The first-order valence-electron chi connectivity index (χ1n) is 7.13. The monoisotopic (exact) mass is 247 g/mol. The first-order chi connectivity index (χ1) is 8.72. The molecule has 1 aliphatic rings. The minimum absolute atomic E-state index is 0.123. The van der Waals surface area contributed by atoms with E-state index < -0.39 is 0 Å². The number of rotatable bonds is 4. The van der Waals surface area contributed by atoms with Crippen molar-refractivity contribution in [1.82, 2.24) is 9.88 Å². The van der Waals surface area contributed by atoms with Crippen molar-refractivity contribution in [3.8, 4) is 0 Å². The van der Waals surface area contributed by atoms with Crippen LogP contribution in [0.4, 0.5) is 0 Å². The molecule has 0 bridgehead atoms. The van der Waals surface area contributed by atoms with Gasteiger partial charge < -0.3 is 5.73 Å². The zero-order valence-corrected chi connectivity index (χ0v) is 11.5. The van der Waals surface area contributed by atoms with Crippen LogP contribution >= 0.6 is 0 Å². The zero-order valence-electron chi connectivity index (χ0n) is 11.5. The Kier molecular flexibility index (Phi) is 4.72. The molecular weight excluding hydrogens is 222 g/mol. The fraction of sp³-hybridized carbons (Fsp3) is 0.667. The third kappa shape index (κ3) is 3.09. The molecule has 18 heavy (non-hydrogen) atoms. The summed E-state index contributed by atoms with van der Waals surface area (Å²) in [6.07, 6.45) is 5.77. The molecule has 1 saturated heterocycles. The Labute approximate surface area is 110 Å². The van der Waals surface area contributed by atoms with Crippen molar-refractivity contribution in [2.75, 3.05) is 13.1 Å². The quantitative estimate of drug-likeness (QED) is 0.889. The van der Waals surface area contributed by atoms with Gasteiger partial charge in [-0.05, 0) is 50.9 Å². The fourth-order valence-corrected chi connectivity index (χ4v) is 2.98. The maximum absolute atomic E-state index is 6.19. The predicted octanol–water partition coefficient (Wildman–Crippen LogP) is 2.59. The Hall–Kier alpha value is -0.930. The van der Waals surface area contributed by atoms with Crippen LogP contribution in [0.25, 0.3) is 0 Å². The number of nitrogens with zero attached hydrogens (tertiary/aromatic N) is 2. The molecule has 0 radical (unpaired) electrons. The topological polar surface area (TPSA) is 42.2 Å². The van der Waals surface area contributed by atoms with Crippen molar-refractivity contribution < 1.29 is 0 Å². The van der Waals surface area contributed by atoms with Crippen molar-refractivity contribution in [2.24, 2.45) is 11.7 Å². The van der Waals surface area contributed by atoms with E-state index in [0.29, 0.717) is 0 Å². The maximum Gasteiger partial charge on any atom is 0.0670 e. The maximum atomic E-state index is 6.19. The van der Waals surface area contributed by atoms with E-state index in [1.807, 2.05) is 12.3 Å². The highest BCUT2D eigenvalue weighted by molar-refractivity contribution is 5.11. The number of hydrogen-bond donors (Lipinski definition) is 1. The Morgan fingerprint density at radius 3 is 2.61 bits per heavy atom. The van der Waals surface area contributed by atoms with Gasteiger partial charge in [0.25, 0.3) is 0 Å². The van der Waals surface area contributed by atoms with Gasteiger partial charge in [0.05, 0.1) is 11.7 Å². The molecule has 2 N–H and O–H groups in total. The Morgan fingerprint density at radius 2 is 2.11 bits per heavy atom. The lowest BCUT2D eigenvalue weighted by atomic mass is 9.92. The third-order valence-electron chi connectivity index (χ3n) is 4.11. The number of piperidine rings is 1. The smallest absolute Gasteiger partial charge is 0.0670 e. The lowest BCUT2D eigenvalue weighted by molar-refractivity contribution is 0.115. The summed E-state index contributed by atoms with van der Waals surface area (Å²) >= 11 is 0. The summed E-state index contributed by atoms with van der Waals surface area (Å²) in [7, 11) is 0. The van der Waals surface area contributed by atoms with Crippen LogP contribution < -0.4 is 5.73 Å². The summed E-state index contributed by atoms with van der Waals surface area (Å²) in [5.74, 6) is 0.902. The standard InChI is InChI=1S/C15H25N3/c1-3-13-7-10-18(11-8-13)15(12(2)16)14-6-4-5-9-17-14/h4-6,9,12-13,15H,3,7-8,10-11,16H2,1-2H3. The van der Waals surface area contributed by atoms with E-state index in [2.05, 4.69) is 35.9 Å². The van der Waals surface area contributed by atoms with E-state index in [1.54, 1.807) is 0 Å². The van der Waals surface area contributed by atoms with Gasteiger partial charge in [-0.2, -0.15) is 0 Å². The second-order valence-electron chi connectivity index (χ2n) is 5.45. The van der Waals surface area contributed by atoms with Gasteiger partial charge in [-0.25, -0.2) is 0 Å². The molecule has 0 aliphatic carbocycles. The Bertz CT molecular complexity index is 342. The lowest BCUT2D eigenvalue weighted by Gasteiger charge is -2.38. The Morgan fingerprint density at radius 1 is 1.39 bits per heavy atom. The molecule has 1 aromatic rings. The molecule has 0 amide bonds. The first kappa shape index (κ1) is 13.5. The lowest BCUT2D eigenvalue weighted by Crippen LogP contribution is -2.44. The van der Waals surface area contributed by atoms with Gasteiger partial charge in [-0.15, -0.1) is 0 Å². The molecule has 100 valence electrons. The molecule has 3 heteroatoms. The summed E-state index contributed by atoms with van der Waals surface area (Å²) in [5, 5.41) is 0. The second-order valence-corrected chi connectivity index (χ2v) is 5.45. The van der Waals surface area contributed by atoms with E-state index in [4.69, 9.17) is 5.73 Å². The van der Waals surface area contributed by atoms with Crippen molar-refractivity contribution in [3.63, 3.8) is 0 Å².